The van der Waals surface area contributed by atoms with Crippen molar-refractivity contribution in [3.05, 3.63) is 50.9 Å². The number of aryl methyl sites for hydroxylation is 2. The van der Waals surface area contributed by atoms with Gasteiger partial charge in [0.15, 0.2) is 5.56 Å². The largest absolute Gasteiger partial charge is 0.506 e. The summed E-state index contributed by atoms with van der Waals surface area (Å²) in [4.78, 5) is 28.3. The van der Waals surface area contributed by atoms with Crippen molar-refractivity contribution in [2.45, 2.75) is 19.4 Å². The fraction of sp³-hybridized carbons (Fsp3) is 0.300. The normalized spacial score (nSPS) is 13.0. The Morgan fingerprint density at radius 1 is 1.26 bits per heavy atom. The average molecular weight is 367 g/mol. The Labute approximate surface area is 155 Å². The minimum atomic E-state index is -1.42. The lowest BCUT2D eigenvalue weighted by Gasteiger charge is -2.21. The molecule has 1 aromatic carbocycles. The molecule has 0 aliphatic heterocycles. The Kier molecular flexibility index (Phi) is 3.85. The molecule has 0 unspecified atom stereocenters. The SMILES string of the molecule is CN(C)Cc1cc2cc3c(cc2n1C)CCc1c-3[nH]c(=O)c(C(=O)O)c1O. The van der Waals surface area contributed by atoms with E-state index in [9.17, 15) is 19.8 Å². The highest BCUT2D eigenvalue weighted by Crippen LogP contribution is 2.39. The third-order valence-electron chi connectivity index (χ3n) is 5.26. The van der Waals surface area contributed by atoms with E-state index in [1.54, 1.807) is 0 Å². The van der Waals surface area contributed by atoms with E-state index in [0.717, 1.165) is 28.6 Å². The molecule has 3 aromatic rings. The van der Waals surface area contributed by atoms with Crippen LogP contribution >= 0.6 is 0 Å². The quantitative estimate of drug-likeness (QED) is 0.658. The number of pyridine rings is 1. The fourth-order valence-electron chi connectivity index (χ4n) is 3.96. The van der Waals surface area contributed by atoms with Crippen molar-refractivity contribution < 1.29 is 15.0 Å². The van der Waals surface area contributed by atoms with Gasteiger partial charge in [0.05, 0.1) is 5.69 Å². The standard InChI is InChI=1S/C20H21N3O4/c1-22(2)9-12-6-11-7-14-10(8-15(11)23(12)3)4-5-13-17(14)21-19(25)16(18(13)24)20(26)27/h6-8H,4-5,9H2,1-3H3,(H,26,27)(H2,21,24,25). The van der Waals surface area contributed by atoms with Crippen molar-refractivity contribution in [3.8, 4) is 17.0 Å². The molecule has 0 amide bonds. The van der Waals surface area contributed by atoms with Gasteiger partial charge in [0, 0.05) is 41.3 Å². The minimum Gasteiger partial charge on any atom is -0.506 e. The summed E-state index contributed by atoms with van der Waals surface area (Å²) < 4.78 is 2.17. The van der Waals surface area contributed by atoms with E-state index >= 15 is 0 Å². The number of rotatable bonds is 3. The van der Waals surface area contributed by atoms with Crippen molar-refractivity contribution in [1.29, 1.82) is 0 Å². The molecule has 0 bridgehead atoms. The zero-order valence-corrected chi connectivity index (χ0v) is 15.5. The first-order valence-electron chi connectivity index (χ1n) is 8.75. The molecule has 4 rings (SSSR count). The van der Waals surface area contributed by atoms with Gasteiger partial charge in [-0.3, -0.25) is 4.79 Å². The molecule has 2 aromatic heterocycles. The van der Waals surface area contributed by atoms with Gasteiger partial charge in [-0.2, -0.15) is 0 Å². The first-order valence-corrected chi connectivity index (χ1v) is 8.75. The summed E-state index contributed by atoms with van der Waals surface area (Å²) in [5.41, 5.74) is 3.84. The molecular formula is C20H21N3O4. The van der Waals surface area contributed by atoms with Gasteiger partial charge in [-0.05, 0) is 50.7 Å². The molecule has 0 spiro atoms. The van der Waals surface area contributed by atoms with E-state index in [0.29, 0.717) is 24.1 Å². The number of aromatic carboxylic acids is 1. The lowest BCUT2D eigenvalue weighted by molar-refractivity contribution is 0.0691. The van der Waals surface area contributed by atoms with Crippen LogP contribution < -0.4 is 5.56 Å². The van der Waals surface area contributed by atoms with Gasteiger partial charge in [0.25, 0.3) is 5.56 Å². The number of aromatic hydroxyl groups is 1. The van der Waals surface area contributed by atoms with Crippen LogP contribution in [0, 0.1) is 0 Å². The Hall–Kier alpha value is -3.06. The highest BCUT2D eigenvalue weighted by molar-refractivity contribution is 5.94. The molecule has 0 saturated carbocycles. The lowest BCUT2D eigenvalue weighted by atomic mass is 9.87. The van der Waals surface area contributed by atoms with Crippen LogP contribution in [0.15, 0.2) is 23.0 Å². The maximum atomic E-state index is 12.2. The molecule has 27 heavy (non-hydrogen) atoms. The Bertz CT molecular complexity index is 1150. The Balaban J connectivity index is 1.95. The van der Waals surface area contributed by atoms with Crippen LogP contribution in [-0.2, 0) is 26.4 Å². The topological polar surface area (TPSA) is 98.6 Å². The predicted molar refractivity (Wildman–Crippen MR) is 102 cm³/mol. The monoisotopic (exact) mass is 367 g/mol. The van der Waals surface area contributed by atoms with Crippen molar-refractivity contribution in [3.63, 3.8) is 0 Å². The zero-order chi connectivity index (χ0) is 19.5. The number of hydrogen-bond donors (Lipinski definition) is 3. The van der Waals surface area contributed by atoms with E-state index in [4.69, 9.17) is 0 Å². The van der Waals surface area contributed by atoms with E-state index in [2.05, 4.69) is 26.6 Å². The molecular weight excluding hydrogens is 346 g/mol. The zero-order valence-electron chi connectivity index (χ0n) is 15.5. The van der Waals surface area contributed by atoms with Crippen LogP contribution in [0.25, 0.3) is 22.2 Å². The van der Waals surface area contributed by atoms with E-state index < -0.39 is 22.8 Å². The van der Waals surface area contributed by atoms with Gasteiger partial charge in [-0.25, -0.2) is 4.79 Å². The summed E-state index contributed by atoms with van der Waals surface area (Å²) in [6, 6.07) is 6.25. The molecule has 1 aliphatic carbocycles. The molecule has 3 N–H and O–H groups in total. The maximum absolute atomic E-state index is 12.2. The van der Waals surface area contributed by atoms with Crippen LogP contribution in [0.1, 0.15) is 27.2 Å². The second-order valence-corrected chi connectivity index (χ2v) is 7.34. The Morgan fingerprint density at radius 2 is 2.00 bits per heavy atom. The lowest BCUT2D eigenvalue weighted by Crippen LogP contribution is -2.22. The number of nitrogens with one attached hydrogen (secondary N) is 1. The van der Waals surface area contributed by atoms with E-state index in [1.807, 2.05) is 27.2 Å². The van der Waals surface area contributed by atoms with Crippen LogP contribution in [0.2, 0.25) is 0 Å². The van der Waals surface area contributed by atoms with Crippen molar-refractivity contribution >= 4 is 16.9 Å². The minimum absolute atomic E-state index is 0.423. The average Bonchev–Trinajstić information content (AvgIpc) is 2.87. The highest BCUT2D eigenvalue weighted by atomic mass is 16.4. The predicted octanol–water partition coefficient (Wildman–Crippen LogP) is 2.10. The third kappa shape index (κ3) is 2.62. The summed E-state index contributed by atoms with van der Waals surface area (Å²) in [5, 5.41) is 20.6. The second-order valence-electron chi connectivity index (χ2n) is 7.34. The molecule has 0 atom stereocenters. The van der Waals surface area contributed by atoms with Crippen LogP contribution in [0.3, 0.4) is 0 Å². The number of benzene rings is 1. The molecule has 7 heteroatoms. The van der Waals surface area contributed by atoms with Crippen LogP contribution in [-0.4, -0.2) is 44.7 Å². The summed E-state index contributed by atoms with van der Waals surface area (Å²) in [7, 11) is 6.08. The van der Waals surface area contributed by atoms with Gasteiger partial charge in [-0.15, -0.1) is 0 Å². The summed E-state index contributed by atoms with van der Waals surface area (Å²) in [5.74, 6) is -1.84. The van der Waals surface area contributed by atoms with Gasteiger partial charge in [0.1, 0.15) is 5.75 Å². The van der Waals surface area contributed by atoms with Crippen LogP contribution in [0.5, 0.6) is 5.75 Å². The summed E-state index contributed by atoms with van der Waals surface area (Å²) >= 11 is 0. The first-order chi connectivity index (χ1) is 12.8. The number of aromatic amines is 1. The van der Waals surface area contributed by atoms with Crippen molar-refractivity contribution in [2.24, 2.45) is 7.05 Å². The number of carboxylic acid groups (broad SMARTS) is 1. The number of carbonyl (C=O) groups is 1. The molecule has 140 valence electrons. The van der Waals surface area contributed by atoms with E-state index in [-0.39, 0.29) is 0 Å². The molecule has 0 fully saturated rings. The number of fused-ring (bicyclic) bond motifs is 4. The molecule has 0 saturated heterocycles. The smallest absolute Gasteiger partial charge is 0.345 e. The third-order valence-corrected chi connectivity index (χ3v) is 5.26. The number of H-pyrrole nitrogens is 1. The van der Waals surface area contributed by atoms with Gasteiger partial charge in [0.2, 0.25) is 0 Å². The molecule has 1 aliphatic rings. The summed E-state index contributed by atoms with van der Waals surface area (Å²) in [6.45, 7) is 0.812. The fourth-order valence-corrected chi connectivity index (χ4v) is 3.96. The Morgan fingerprint density at radius 3 is 2.67 bits per heavy atom. The molecule has 0 radical (unpaired) electrons. The number of carboxylic acids is 1. The molecule has 7 nitrogen and oxygen atoms in total. The van der Waals surface area contributed by atoms with Crippen molar-refractivity contribution in [2.75, 3.05) is 14.1 Å². The maximum Gasteiger partial charge on any atom is 0.345 e. The highest BCUT2D eigenvalue weighted by Gasteiger charge is 2.27. The second kappa shape index (κ2) is 5.99. The number of hydrogen-bond acceptors (Lipinski definition) is 4. The number of nitrogens with zero attached hydrogens (tertiary/aromatic N) is 2. The van der Waals surface area contributed by atoms with Gasteiger partial charge >= 0.3 is 5.97 Å². The number of aromatic nitrogens is 2. The van der Waals surface area contributed by atoms with Gasteiger partial charge in [-0.1, -0.05) is 0 Å². The van der Waals surface area contributed by atoms with E-state index in [1.165, 1.54) is 5.69 Å². The molecule has 2 heterocycles. The van der Waals surface area contributed by atoms with Gasteiger partial charge < -0.3 is 24.7 Å². The van der Waals surface area contributed by atoms with Crippen LogP contribution in [0.4, 0.5) is 0 Å². The summed E-state index contributed by atoms with van der Waals surface area (Å²) in [6.07, 6.45) is 1.15. The van der Waals surface area contributed by atoms with Crippen molar-refractivity contribution in [1.82, 2.24) is 14.5 Å². The first kappa shape index (κ1) is 17.4.